The maximum atomic E-state index is 12.4. The summed E-state index contributed by atoms with van der Waals surface area (Å²) in [5.74, 6) is 0.512. The first-order chi connectivity index (χ1) is 13.3. The summed E-state index contributed by atoms with van der Waals surface area (Å²) in [6.45, 7) is 0.418. The van der Waals surface area contributed by atoms with E-state index in [2.05, 4.69) is 25.5 Å². The van der Waals surface area contributed by atoms with Crippen LogP contribution in [0, 0.1) is 0 Å². The van der Waals surface area contributed by atoms with E-state index >= 15 is 0 Å². The molecule has 7 nitrogen and oxygen atoms in total. The number of aromatic amines is 2. The second kappa shape index (κ2) is 6.14. The van der Waals surface area contributed by atoms with Crippen molar-refractivity contribution >= 4 is 27.8 Å². The molecule has 0 spiro atoms. The average Bonchev–Trinajstić information content (AvgIpc) is 3.43. The highest BCUT2D eigenvalue weighted by Gasteiger charge is 2.14. The lowest BCUT2D eigenvalue weighted by Crippen LogP contribution is -2.22. The van der Waals surface area contributed by atoms with Gasteiger partial charge in [0.1, 0.15) is 5.69 Å². The zero-order valence-electron chi connectivity index (χ0n) is 14.2. The molecule has 5 rings (SSSR count). The molecule has 7 heteroatoms. The number of imidazole rings is 1. The second-order valence-corrected chi connectivity index (χ2v) is 6.25. The van der Waals surface area contributed by atoms with E-state index in [9.17, 15) is 4.79 Å². The topological polar surface area (TPSA) is 99.6 Å². The largest absolute Gasteiger partial charge is 0.472 e. The van der Waals surface area contributed by atoms with Crippen molar-refractivity contribution in [3.8, 4) is 11.5 Å². The van der Waals surface area contributed by atoms with E-state index in [1.165, 1.54) is 0 Å². The molecule has 0 unspecified atom stereocenters. The third kappa shape index (κ3) is 2.75. The Hall–Kier alpha value is -3.87. The first-order valence-electron chi connectivity index (χ1n) is 8.50. The lowest BCUT2D eigenvalue weighted by atomic mass is 10.2. The number of carbonyl (C=O) groups excluding carboxylic acids is 1. The summed E-state index contributed by atoms with van der Waals surface area (Å²) in [6.07, 6.45) is 3.19. The normalized spacial score (nSPS) is 11.3. The molecule has 132 valence electrons. The second-order valence-electron chi connectivity index (χ2n) is 6.25. The fourth-order valence-electron chi connectivity index (χ4n) is 3.08. The van der Waals surface area contributed by atoms with Crippen LogP contribution in [0.5, 0.6) is 0 Å². The monoisotopic (exact) mass is 357 g/mol. The van der Waals surface area contributed by atoms with Gasteiger partial charge in [-0.05, 0) is 30.3 Å². The van der Waals surface area contributed by atoms with Crippen LogP contribution in [0.3, 0.4) is 0 Å². The van der Waals surface area contributed by atoms with Gasteiger partial charge >= 0.3 is 0 Å². The Morgan fingerprint density at radius 3 is 2.93 bits per heavy atom. The fraction of sp³-hybridized carbons (Fsp3) is 0.0500. The van der Waals surface area contributed by atoms with E-state index in [1.807, 2.05) is 36.4 Å². The molecule has 0 aliphatic heterocycles. The molecule has 0 bridgehead atoms. The number of hydrogen-bond acceptors (Lipinski definition) is 4. The Morgan fingerprint density at radius 2 is 2.04 bits per heavy atom. The molecule has 2 aromatic carbocycles. The Morgan fingerprint density at radius 1 is 1.11 bits per heavy atom. The van der Waals surface area contributed by atoms with Crippen LogP contribution in [0.2, 0.25) is 0 Å². The molecule has 3 aromatic heterocycles. The van der Waals surface area contributed by atoms with Gasteiger partial charge < -0.3 is 14.7 Å². The van der Waals surface area contributed by atoms with Crippen molar-refractivity contribution in [3.05, 3.63) is 72.2 Å². The van der Waals surface area contributed by atoms with E-state index in [1.54, 1.807) is 24.7 Å². The number of amides is 1. The highest BCUT2D eigenvalue weighted by atomic mass is 16.3. The number of aromatic nitrogens is 4. The predicted molar refractivity (Wildman–Crippen MR) is 101 cm³/mol. The van der Waals surface area contributed by atoms with Gasteiger partial charge in [-0.25, -0.2) is 4.98 Å². The van der Waals surface area contributed by atoms with Gasteiger partial charge in [-0.15, -0.1) is 0 Å². The van der Waals surface area contributed by atoms with Crippen LogP contribution < -0.4 is 5.32 Å². The molecule has 0 fully saturated rings. The van der Waals surface area contributed by atoms with Gasteiger partial charge in [0.15, 0.2) is 5.82 Å². The smallest absolute Gasteiger partial charge is 0.251 e. The number of nitrogens with one attached hydrogen (secondary N) is 3. The molecule has 0 saturated heterocycles. The van der Waals surface area contributed by atoms with Crippen molar-refractivity contribution in [2.24, 2.45) is 0 Å². The minimum atomic E-state index is -0.153. The van der Waals surface area contributed by atoms with Gasteiger partial charge in [-0.2, -0.15) is 5.10 Å². The summed E-state index contributed by atoms with van der Waals surface area (Å²) in [4.78, 5) is 20.3. The number of H-pyrrole nitrogens is 2. The first kappa shape index (κ1) is 15.4. The zero-order chi connectivity index (χ0) is 18.2. The van der Waals surface area contributed by atoms with Gasteiger partial charge in [-0.1, -0.05) is 18.2 Å². The lowest BCUT2D eigenvalue weighted by molar-refractivity contribution is 0.0951. The Balaban J connectivity index is 1.45. The van der Waals surface area contributed by atoms with E-state index in [0.29, 0.717) is 17.9 Å². The Bertz CT molecular complexity index is 1250. The van der Waals surface area contributed by atoms with Crippen LogP contribution in [-0.4, -0.2) is 26.1 Å². The number of fused-ring (bicyclic) bond motifs is 2. The number of rotatable bonds is 4. The van der Waals surface area contributed by atoms with Crippen LogP contribution in [0.1, 0.15) is 15.9 Å². The van der Waals surface area contributed by atoms with Gasteiger partial charge in [0, 0.05) is 23.1 Å². The molecule has 0 saturated carbocycles. The van der Waals surface area contributed by atoms with Gasteiger partial charge in [0.2, 0.25) is 0 Å². The summed E-state index contributed by atoms with van der Waals surface area (Å²) in [5.41, 5.74) is 4.75. The average molecular weight is 357 g/mol. The Kier molecular flexibility index (Phi) is 3.50. The minimum absolute atomic E-state index is 0.153. The van der Waals surface area contributed by atoms with Gasteiger partial charge in [0.05, 0.1) is 29.1 Å². The van der Waals surface area contributed by atoms with E-state index < -0.39 is 0 Å². The summed E-state index contributed by atoms with van der Waals surface area (Å²) >= 11 is 0. The van der Waals surface area contributed by atoms with Crippen LogP contribution >= 0.6 is 0 Å². The maximum Gasteiger partial charge on any atom is 0.251 e. The number of carbonyl (C=O) groups is 1. The molecule has 0 aliphatic rings. The lowest BCUT2D eigenvalue weighted by Gasteiger charge is -2.03. The Labute approximate surface area is 153 Å². The zero-order valence-corrected chi connectivity index (χ0v) is 14.2. The standard InChI is InChI=1S/C20H15N5O2/c26-20(21-10-12-7-8-27-11-12)13-5-6-16-17(9-13)23-19(22-16)18-14-3-1-2-4-15(14)24-25-18/h1-9,11H,10H2,(H,21,26)(H,22,23)(H,24,25). The summed E-state index contributed by atoms with van der Waals surface area (Å²) in [6, 6.07) is 15.1. The molecular formula is C20H15N5O2. The third-order valence-corrected chi connectivity index (χ3v) is 4.47. The van der Waals surface area contributed by atoms with Crippen LogP contribution in [0.4, 0.5) is 0 Å². The summed E-state index contributed by atoms with van der Waals surface area (Å²) in [7, 11) is 0. The predicted octanol–water partition coefficient (Wildman–Crippen LogP) is 3.63. The van der Waals surface area contributed by atoms with Crippen molar-refractivity contribution < 1.29 is 9.21 Å². The first-order valence-corrected chi connectivity index (χ1v) is 8.50. The number of benzene rings is 2. The summed E-state index contributed by atoms with van der Waals surface area (Å²) < 4.78 is 5.01. The molecule has 3 N–H and O–H groups in total. The van der Waals surface area contributed by atoms with Crippen molar-refractivity contribution in [1.29, 1.82) is 0 Å². The molecular weight excluding hydrogens is 342 g/mol. The molecule has 1 amide bonds. The molecule has 5 aromatic rings. The number of hydrogen-bond donors (Lipinski definition) is 3. The highest BCUT2D eigenvalue weighted by Crippen LogP contribution is 2.26. The number of nitrogens with zero attached hydrogens (tertiary/aromatic N) is 2. The number of furan rings is 1. The van der Waals surface area contributed by atoms with Crippen molar-refractivity contribution in [1.82, 2.24) is 25.5 Å². The number of para-hydroxylation sites is 1. The van der Waals surface area contributed by atoms with Crippen molar-refractivity contribution in [2.75, 3.05) is 0 Å². The van der Waals surface area contributed by atoms with Gasteiger partial charge in [-0.3, -0.25) is 9.89 Å². The maximum absolute atomic E-state index is 12.4. The molecule has 0 aliphatic carbocycles. The van der Waals surface area contributed by atoms with Crippen molar-refractivity contribution in [2.45, 2.75) is 6.54 Å². The van der Waals surface area contributed by atoms with Gasteiger partial charge in [0.25, 0.3) is 5.91 Å². The minimum Gasteiger partial charge on any atom is -0.472 e. The quantitative estimate of drug-likeness (QED) is 0.457. The highest BCUT2D eigenvalue weighted by molar-refractivity contribution is 5.98. The van der Waals surface area contributed by atoms with E-state index in [4.69, 9.17) is 4.42 Å². The van der Waals surface area contributed by atoms with E-state index in [0.717, 1.165) is 33.2 Å². The van der Waals surface area contributed by atoms with Crippen LogP contribution in [0.25, 0.3) is 33.5 Å². The van der Waals surface area contributed by atoms with Crippen molar-refractivity contribution in [3.63, 3.8) is 0 Å². The molecule has 0 radical (unpaired) electrons. The fourth-order valence-corrected chi connectivity index (χ4v) is 3.08. The SMILES string of the molecule is O=C(NCc1ccoc1)c1ccc2nc(-c3n[nH]c4ccccc34)[nH]c2c1. The summed E-state index contributed by atoms with van der Waals surface area (Å²) in [5, 5.41) is 11.2. The molecule has 0 atom stereocenters. The third-order valence-electron chi connectivity index (χ3n) is 4.47. The van der Waals surface area contributed by atoms with Crippen LogP contribution in [-0.2, 0) is 6.54 Å². The van der Waals surface area contributed by atoms with Crippen LogP contribution in [0.15, 0.2) is 65.5 Å². The molecule has 3 heterocycles. The molecule has 27 heavy (non-hydrogen) atoms. The van der Waals surface area contributed by atoms with E-state index in [-0.39, 0.29) is 5.91 Å².